The lowest BCUT2D eigenvalue weighted by Crippen LogP contribution is -2.08. The van der Waals surface area contributed by atoms with E-state index in [9.17, 15) is 24.6 Å². The van der Waals surface area contributed by atoms with Crippen LogP contribution in [-0.4, -0.2) is 19.8 Å². The van der Waals surface area contributed by atoms with Crippen LogP contribution in [0.3, 0.4) is 0 Å². The van der Waals surface area contributed by atoms with E-state index in [1.165, 1.54) is 48.5 Å². The molecular weight excluding hydrogens is 371 g/mol. The maximum atomic E-state index is 13.0. The number of benzene rings is 2. The fourth-order valence-corrected chi connectivity index (χ4v) is 2.39. The Hall–Kier alpha value is -4.15. The van der Waals surface area contributed by atoms with Crippen molar-refractivity contribution in [1.82, 2.24) is 9.97 Å². The van der Waals surface area contributed by atoms with Crippen molar-refractivity contribution < 1.29 is 14.2 Å². The molecule has 0 saturated carbocycles. The monoisotopic (exact) mass is 384 g/mol. The van der Waals surface area contributed by atoms with Gasteiger partial charge in [0.25, 0.3) is 5.69 Å². The van der Waals surface area contributed by atoms with Crippen molar-refractivity contribution in [1.29, 1.82) is 0 Å². The summed E-state index contributed by atoms with van der Waals surface area (Å²) in [4.78, 5) is 29.0. The zero-order valence-electron chi connectivity index (χ0n) is 14.2. The Bertz CT molecular complexity index is 1030. The Morgan fingerprint density at radius 3 is 2.36 bits per heavy atom. The van der Waals surface area contributed by atoms with Crippen LogP contribution in [0.1, 0.15) is 5.56 Å². The van der Waals surface area contributed by atoms with Crippen LogP contribution < -0.4 is 10.6 Å². The van der Waals surface area contributed by atoms with Crippen molar-refractivity contribution >= 4 is 28.7 Å². The smallest absolute Gasteiger partial charge is 0.353 e. The second kappa shape index (κ2) is 8.03. The first-order valence-corrected chi connectivity index (χ1v) is 7.93. The van der Waals surface area contributed by atoms with Crippen LogP contribution in [0.4, 0.5) is 33.1 Å². The quantitative estimate of drug-likeness (QED) is 0.464. The topological polar surface area (TPSA) is 136 Å². The summed E-state index contributed by atoms with van der Waals surface area (Å²) in [6.45, 7) is 0.175. The van der Waals surface area contributed by atoms with Crippen molar-refractivity contribution in [3.8, 4) is 0 Å². The van der Waals surface area contributed by atoms with Crippen LogP contribution in [0.15, 0.2) is 54.9 Å². The number of rotatable bonds is 7. The van der Waals surface area contributed by atoms with Crippen molar-refractivity contribution in [2.24, 2.45) is 0 Å². The van der Waals surface area contributed by atoms with E-state index in [0.29, 0.717) is 5.56 Å². The normalized spacial score (nSPS) is 10.3. The molecule has 2 N–H and O–H groups in total. The van der Waals surface area contributed by atoms with Gasteiger partial charge in [0.1, 0.15) is 12.1 Å². The summed E-state index contributed by atoms with van der Waals surface area (Å²) < 4.78 is 13.0. The molecule has 0 aliphatic rings. The molecular formula is C17H13FN6O4. The molecule has 0 bridgehead atoms. The summed E-state index contributed by atoms with van der Waals surface area (Å²) >= 11 is 0. The van der Waals surface area contributed by atoms with Gasteiger partial charge < -0.3 is 10.6 Å². The number of nitrogens with zero attached hydrogens (tertiary/aromatic N) is 4. The van der Waals surface area contributed by atoms with Gasteiger partial charge in [-0.05, 0) is 23.8 Å². The number of hydrogen-bond donors (Lipinski definition) is 2. The molecule has 0 unspecified atom stereocenters. The zero-order chi connectivity index (χ0) is 20.1. The highest BCUT2D eigenvalue weighted by molar-refractivity contribution is 5.74. The number of non-ortho nitro benzene ring substituents is 1. The second-order valence-electron chi connectivity index (χ2n) is 5.59. The zero-order valence-corrected chi connectivity index (χ0v) is 14.2. The first-order valence-electron chi connectivity index (χ1n) is 7.93. The molecule has 0 saturated heterocycles. The number of anilines is 3. The largest absolute Gasteiger partial charge is 0.360 e. The van der Waals surface area contributed by atoms with Gasteiger partial charge in [-0.25, -0.2) is 14.4 Å². The van der Waals surface area contributed by atoms with E-state index in [-0.39, 0.29) is 35.4 Å². The van der Waals surface area contributed by atoms with Gasteiger partial charge in [0.15, 0.2) is 0 Å². The standard InChI is InChI=1S/C17H13FN6O4/c18-12-6-4-11(5-7-12)9-19-16-15(24(27)28)17(21-10-20-16)22-13-2-1-3-14(8-13)23(25)26/h1-8,10H,9H2,(H2,19,20,21,22). The molecule has 1 heterocycles. The third-order valence-electron chi connectivity index (χ3n) is 3.70. The fourth-order valence-electron chi connectivity index (χ4n) is 2.39. The average Bonchev–Trinajstić information content (AvgIpc) is 2.67. The number of aromatic nitrogens is 2. The SMILES string of the molecule is O=[N+]([O-])c1cccc(Nc2ncnc(NCc3ccc(F)cc3)c2[N+](=O)[O-])c1. The van der Waals surface area contributed by atoms with Crippen LogP contribution in [0.25, 0.3) is 0 Å². The lowest BCUT2D eigenvalue weighted by Gasteiger charge is -2.10. The van der Waals surface area contributed by atoms with Gasteiger partial charge in [-0.1, -0.05) is 18.2 Å². The van der Waals surface area contributed by atoms with Crippen LogP contribution >= 0.6 is 0 Å². The molecule has 0 amide bonds. The van der Waals surface area contributed by atoms with Gasteiger partial charge in [0.2, 0.25) is 11.6 Å². The minimum atomic E-state index is -0.660. The summed E-state index contributed by atoms with van der Waals surface area (Å²) in [5.74, 6) is -0.556. The lowest BCUT2D eigenvalue weighted by atomic mass is 10.2. The molecule has 0 spiro atoms. The Morgan fingerprint density at radius 2 is 1.68 bits per heavy atom. The van der Waals surface area contributed by atoms with Gasteiger partial charge in [-0.2, -0.15) is 0 Å². The van der Waals surface area contributed by atoms with Crippen molar-refractivity contribution in [2.45, 2.75) is 6.54 Å². The Balaban J connectivity index is 1.87. The first kappa shape index (κ1) is 18.6. The summed E-state index contributed by atoms with van der Waals surface area (Å²) in [6.07, 6.45) is 1.12. The van der Waals surface area contributed by atoms with Gasteiger partial charge in [-0.15, -0.1) is 0 Å². The van der Waals surface area contributed by atoms with E-state index in [4.69, 9.17) is 0 Å². The van der Waals surface area contributed by atoms with Gasteiger partial charge in [0, 0.05) is 24.4 Å². The Morgan fingerprint density at radius 1 is 0.964 bits per heavy atom. The van der Waals surface area contributed by atoms with Gasteiger partial charge in [-0.3, -0.25) is 20.2 Å². The Labute approximate surface area is 157 Å². The van der Waals surface area contributed by atoms with E-state index in [1.807, 2.05) is 0 Å². The maximum Gasteiger partial charge on any atom is 0.353 e. The van der Waals surface area contributed by atoms with E-state index >= 15 is 0 Å². The minimum Gasteiger partial charge on any atom is -0.360 e. The van der Waals surface area contributed by atoms with Crippen molar-refractivity contribution in [3.63, 3.8) is 0 Å². The van der Waals surface area contributed by atoms with Gasteiger partial charge >= 0.3 is 5.69 Å². The van der Waals surface area contributed by atoms with Crippen molar-refractivity contribution in [3.05, 3.63) is 86.5 Å². The third-order valence-corrected chi connectivity index (χ3v) is 3.70. The fraction of sp³-hybridized carbons (Fsp3) is 0.0588. The molecule has 3 rings (SSSR count). The van der Waals surface area contributed by atoms with Crippen LogP contribution in [0, 0.1) is 26.0 Å². The third kappa shape index (κ3) is 4.33. The average molecular weight is 384 g/mol. The maximum absolute atomic E-state index is 13.0. The molecule has 0 atom stereocenters. The van der Waals surface area contributed by atoms with Crippen LogP contribution in [0.2, 0.25) is 0 Å². The molecule has 0 radical (unpaired) electrons. The molecule has 28 heavy (non-hydrogen) atoms. The summed E-state index contributed by atoms with van der Waals surface area (Å²) in [5, 5.41) is 28.0. The lowest BCUT2D eigenvalue weighted by molar-refractivity contribution is -0.384. The molecule has 142 valence electrons. The molecule has 0 fully saturated rings. The van der Waals surface area contributed by atoms with E-state index < -0.39 is 15.5 Å². The van der Waals surface area contributed by atoms with Crippen LogP contribution in [-0.2, 0) is 6.54 Å². The number of hydrogen-bond acceptors (Lipinski definition) is 8. The highest BCUT2D eigenvalue weighted by atomic mass is 19.1. The predicted octanol–water partition coefficient (Wildman–Crippen LogP) is 3.79. The number of halogens is 1. The molecule has 3 aromatic rings. The molecule has 0 aliphatic carbocycles. The number of nitro groups is 2. The Kier molecular flexibility index (Phi) is 5.35. The molecule has 10 nitrogen and oxygen atoms in total. The predicted molar refractivity (Wildman–Crippen MR) is 98.8 cm³/mol. The molecule has 1 aromatic heterocycles. The molecule has 11 heteroatoms. The summed E-state index contributed by atoms with van der Waals surface area (Å²) in [6, 6.07) is 11.1. The van der Waals surface area contributed by atoms with Crippen molar-refractivity contribution in [2.75, 3.05) is 10.6 Å². The minimum absolute atomic E-state index is 0.0442. The highest BCUT2D eigenvalue weighted by Gasteiger charge is 2.23. The second-order valence-corrected chi connectivity index (χ2v) is 5.59. The van der Waals surface area contributed by atoms with Crippen LogP contribution in [0.5, 0.6) is 0 Å². The van der Waals surface area contributed by atoms with E-state index in [1.54, 1.807) is 0 Å². The van der Waals surface area contributed by atoms with E-state index in [0.717, 1.165) is 6.33 Å². The van der Waals surface area contributed by atoms with E-state index in [2.05, 4.69) is 20.6 Å². The van der Waals surface area contributed by atoms with Gasteiger partial charge in [0.05, 0.1) is 9.85 Å². The summed E-state index contributed by atoms with van der Waals surface area (Å²) in [5.41, 5.74) is 0.371. The first-order chi connectivity index (χ1) is 13.4. The molecule has 2 aromatic carbocycles. The highest BCUT2D eigenvalue weighted by Crippen LogP contribution is 2.32. The molecule has 0 aliphatic heterocycles. The number of nitrogens with one attached hydrogen (secondary N) is 2. The number of nitro benzene ring substituents is 1. The summed E-state index contributed by atoms with van der Waals surface area (Å²) in [7, 11) is 0.